The van der Waals surface area contributed by atoms with Crippen molar-refractivity contribution in [3.8, 4) is 0 Å². The lowest BCUT2D eigenvalue weighted by Gasteiger charge is -2.37. The third-order valence-electron chi connectivity index (χ3n) is 7.72. The largest absolute Gasteiger partial charge is 0.468 e. The first-order chi connectivity index (χ1) is 20.5. The monoisotopic (exact) mass is 629 g/mol. The number of alkyl halides is 3. The van der Waals surface area contributed by atoms with Gasteiger partial charge in [-0.15, -0.1) is 0 Å². The van der Waals surface area contributed by atoms with E-state index < -0.39 is 82.6 Å². The van der Waals surface area contributed by atoms with Crippen LogP contribution in [0.25, 0.3) is 0 Å². The van der Waals surface area contributed by atoms with E-state index in [2.05, 4.69) is 9.47 Å². The average molecular weight is 630 g/mol. The quantitative estimate of drug-likeness (QED) is 0.318. The third kappa shape index (κ3) is 6.28. The minimum Gasteiger partial charge on any atom is -0.468 e. The molecule has 0 N–H and O–H groups in total. The zero-order valence-corrected chi connectivity index (χ0v) is 23.9. The molecule has 3 saturated heterocycles. The van der Waals surface area contributed by atoms with E-state index in [1.165, 1.54) is 0 Å². The van der Waals surface area contributed by atoms with Gasteiger partial charge in [0.1, 0.15) is 12.2 Å². The van der Waals surface area contributed by atoms with Crippen LogP contribution in [0.5, 0.6) is 0 Å². The van der Waals surface area contributed by atoms with Gasteiger partial charge in [0.05, 0.1) is 51.2 Å². The molecular formula is C28H30F3NO10S. The highest BCUT2D eigenvalue weighted by molar-refractivity contribution is 7.89. The number of hydrogen-bond donors (Lipinski definition) is 0. The molecule has 3 heterocycles. The van der Waals surface area contributed by atoms with Gasteiger partial charge in [0.2, 0.25) is 10.0 Å². The zero-order valence-electron chi connectivity index (χ0n) is 23.1. The molecule has 0 aliphatic carbocycles. The molecule has 0 aromatic heterocycles. The normalized spacial score (nSPS) is 28.5. The number of benzene rings is 2. The van der Waals surface area contributed by atoms with Crippen molar-refractivity contribution in [2.45, 2.75) is 43.0 Å². The summed E-state index contributed by atoms with van der Waals surface area (Å²) in [5.41, 5.74) is 1.31. The first-order valence-electron chi connectivity index (χ1n) is 13.3. The van der Waals surface area contributed by atoms with E-state index in [-0.39, 0.29) is 13.2 Å². The van der Waals surface area contributed by atoms with Crippen molar-refractivity contribution in [3.63, 3.8) is 0 Å². The van der Waals surface area contributed by atoms with Crippen LogP contribution in [0.1, 0.15) is 23.7 Å². The Bertz CT molecular complexity index is 1320. The van der Waals surface area contributed by atoms with Gasteiger partial charge in [-0.05, 0) is 0 Å². The Balaban J connectivity index is 1.49. The number of methoxy groups -OCH3 is 2. The van der Waals surface area contributed by atoms with Crippen LogP contribution in [0.3, 0.4) is 0 Å². The molecule has 0 saturated carbocycles. The molecule has 3 fully saturated rings. The average Bonchev–Trinajstić information content (AvgIpc) is 3.34. The Kier molecular flexibility index (Phi) is 9.11. The summed E-state index contributed by atoms with van der Waals surface area (Å²) in [5.74, 6) is -10.3. The number of carbonyl (C=O) groups is 2. The van der Waals surface area contributed by atoms with Gasteiger partial charge in [-0.2, -0.15) is 17.5 Å². The standard InChI is InChI=1S/C28H30F3NO10S/c1-37-24(33)21(25(34)38-2)18(28(29,30)31)15-43(35,36)32-19-13-39-26(16-9-5-3-6-10-16)41-22(19)23-20(32)14-40-27(42-23)17-11-7-4-8-12-17/h3-12,18-23,26-27H,13-15H2,1-2H3/t18-,19+,20+,22-,23-,26-,27-/m1/s1. The van der Waals surface area contributed by atoms with Crippen LogP contribution in [-0.2, 0) is 48.0 Å². The number of hydrogen-bond acceptors (Lipinski definition) is 10. The van der Waals surface area contributed by atoms with Crippen LogP contribution in [0.15, 0.2) is 60.7 Å². The molecule has 2 aromatic rings. The van der Waals surface area contributed by atoms with E-state index >= 15 is 0 Å². The molecule has 0 amide bonds. The van der Waals surface area contributed by atoms with Gasteiger partial charge in [-0.3, -0.25) is 9.59 Å². The van der Waals surface area contributed by atoms with Crippen molar-refractivity contribution in [1.82, 2.24) is 4.31 Å². The van der Waals surface area contributed by atoms with E-state index in [4.69, 9.17) is 18.9 Å². The summed E-state index contributed by atoms with van der Waals surface area (Å²) in [6.45, 7) is -0.464. The smallest absolute Gasteiger partial charge is 0.394 e. The lowest BCUT2D eigenvalue weighted by atomic mass is 9.93. The molecule has 3 aliphatic rings. The van der Waals surface area contributed by atoms with Crippen molar-refractivity contribution in [2.24, 2.45) is 11.8 Å². The number of halogens is 3. The summed E-state index contributed by atoms with van der Waals surface area (Å²) in [4.78, 5) is 24.6. The van der Waals surface area contributed by atoms with Gasteiger partial charge in [-0.1, -0.05) is 60.7 Å². The molecule has 0 bridgehead atoms. The van der Waals surface area contributed by atoms with E-state index in [9.17, 15) is 31.2 Å². The second kappa shape index (κ2) is 12.5. The van der Waals surface area contributed by atoms with Crippen molar-refractivity contribution in [1.29, 1.82) is 0 Å². The van der Waals surface area contributed by atoms with Crippen LogP contribution >= 0.6 is 0 Å². The molecule has 7 atom stereocenters. The minimum atomic E-state index is -5.30. The number of carbonyl (C=O) groups excluding carboxylic acids is 2. The second-order valence-electron chi connectivity index (χ2n) is 10.3. The van der Waals surface area contributed by atoms with Crippen molar-refractivity contribution < 1.29 is 59.6 Å². The zero-order chi connectivity index (χ0) is 30.9. The Morgan fingerprint density at radius 3 is 1.63 bits per heavy atom. The first kappa shape index (κ1) is 31.3. The van der Waals surface area contributed by atoms with Gasteiger partial charge in [-0.25, -0.2) is 8.42 Å². The molecule has 234 valence electrons. The highest BCUT2D eigenvalue weighted by atomic mass is 32.2. The maximum Gasteiger partial charge on any atom is 0.394 e. The number of rotatable bonds is 8. The maximum absolute atomic E-state index is 14.3. The molecule has 0 radical (unpaired) electrons. The predicted octanol–water partition coefficient (Wildman–Crippen LogP) is 2.74. The molecule has 11 nitrogen and oxygen atoms in total. The topological polar surface area (TPSA) is 127 Å². The fourth-order valence-corrected chi connectivity index (χ4v) is 7.93. The van der Waals surface area contributed by atoms with Crippen LogP contribution in [-0.4, -0.2) is 88.3 Å². The SMILES string of the molecule is COC(=O)C(C(=O)OC)[C@@H](CS(=O)(=O)N1[C@H]2CO[C@@H](c3ccccc3)O[C@H]2[C@@H]2O[C@H](c3ccccc3)OC[C@@H]21)C(F)(F)F. The number of sulfonamides is 1. The Labute approximate surface area is 245 Å². The van der Waals surface area contributed by atoms with Crippen LogP contribution < -0.4 is 0 Å². The van der Waals surface area contributed by atoms with E-state index in [1.54, 1.807) is 60.7 Å². The first-order valence-corrected chi connectivity index (χ1v) is 14.9. The highest BCUT2D eigenvalue weighted by Gasteiger charge is 2.62. The van der Waals surface area contributed by atoms with Crippen LogP contribution in [0.2, 0.25) is 0 Å². The van der Waals surface area contributed by atoms with Gasteiger partial charge in [0, 0.05) is 11.1 Å². The van der Waals surface area contributed by atoms with E-state index in [1.807, 2.05) is 0 Å². The van der Waals surface area contributed by atoms with Crippen LogP contribution in [0, 0.1) is 11.8 Å². The molecule has 0 spiro atoms. The number of ether oxygens (including phenoxy) is 6. The van der Waals surface area contributed by atoms with Crippen molar-refractivity contribution in [2.75, 3.05) is 33.2 Å². The summed E-state index contributed by atoms with van der Waals surface area (Å²) in [6, 6.07) is 15.5. The number of fused-ring (bicyclic) bond motifs is 3. The molecule has 2 aromatic carbocycles. The van der Waals surface area contributed by atoms with Crippen LogP contribution in [0.4, 0.5) is 13.2 Å². The van der Waals surface area contributed by atoms with Crippen molar-refractivity contribution >= 4 is 22.0 Å². The third-order valence-corrected chi connectivity index (χ3v) is 9.69. The Hall–Kier alpha value is -3.08. The molecule has 43 heavy (non-hydrogen) atoms. The number of nitrogens with zero attached hydrogens (tertiary/aromatic N) is 1. The van der Waals surface area contributed by atoms with Crippen molar-refractivity contribution in [3.05, 3.63) is 71.8 Å². The summed E-state index contributed by atoms with van der Waals surface area (Å²) in [5, 5.41) is 0. The molecule has 3 aliphatic heterocycles. The summed E-state index contributed by atoms with van der Waals surface area (Å²) >= 11 is 0. The van der Waals surface area contributed by atoms with E-state index in [0.717, 1.165) is 18.5 Å². The van der Waals surface area contributed by atoms with Gasteiger partial charge in [0.15, 0.2) is 18.5 Å². The molecule has 0 unspecified atom stereocenters. The summed E-state index contributed by atoms with van der Waals surface area (Å²) in [6.07, 6.45) is -8.98. The van der Waals surface area contributed by atoms with Gasteiger partial charge < -0.3 is 28.4 Å². The highest BCUT2D eigenvalue weighted by Crippen LogP contribution is 2.45. The molecule has 15 heteroatoms. The van der Waals surface area contributed by atoms with Gasteiger partial charge >= 0.3 is 18.1 Å². The lowest BCUT2D eigenvalue weighted by molar-refractivity contribution is -0.278. The Morgan fingerprint density at radius 2 is 1.26 bits per heavy atom. The van der Waals surface area contributed by atoms with Gasteiger partial charge in [0.25, 0.3) is 0 Å². The number of esters is 2. The summed E-state index contributed by atoms with van der Waals surface area (Å²) in [7, 11) is -3.32. The lowest BCUT2D eigenvalue weighted by Crippen LogP contribution is -2.53. The second-order valence-corrected chi connectivity index (χ2v) is 12.2. The maximum atomic E-state index is 14.3. The Morgan fingerprint density at radius 1 is 0.837 bits per heavy atom. The molecule has 5 rings (SSSR count). The minimum absolute atomic E-state index is 0.232. The summed E-state index contributed by atoms with van der Waals surface area (Å²) < 4.78 is 105. The fraction of sp³-hybridized carbons (Fsp3) is 0.500. The fourth-order valence-electron chi connectivity index (χ4n) is 5.74. The van der Waals surface area contributed by atoms with E-state index in [0.29, 0.717) is 11.1 Å². The molecular weight excluding hydrogens is 599 g/mol. The predicted molar refractivity (Wildman–Crippen MR) is 140 cm³/mol.